The largest absolute Gasteiger partial charge is 0.490 e. The molecule has 0 aliphatic heterocycles. The molecule has 0 aliphatic rings. The van der Waals surface area contributed by atoms with Gasteiger partial charge in [-0.25, -0.2) is 19.2 Å². The van der Waals surface area contributed by atoms with Gasteiger partial charge in [-0.15, -0.1) is 0 Å². The smallest absolute Gasteiger partial charge is 0.422 e. The van der Waals surface area contributed by atoms with Gasteiger partial charge in [0.2, 0.25) is 0 Å². The molecule has 21 heteroatoms. The molecule has 0 atom stereocenters. The fourth-order valence-electron chi connectivity index (χ4n) is 4.56. The fraction of sp³-hybridized carbons (Fsp3) is 0.106. The van der Waals surface area contributed by atoms with Crippen molar-refractivity contribution in [2.75, 3.05) is 6.61 Å². The van der Waals surface area contributed by atoms with Crippen LogP contribution in [-0.4, -0.2) is 55.2 Å². The predicted molar refractivity (Wildman–Crippen MR) is 216 cm³/mol. The molecular formula is C47H26F12O9. The lowest BCUT2D eigenvalue weighted by atomic mass is 10.1. The van der Waals surface area contributed by atoms with Gasteiger partial charge in [0.1, 0.15) is 51.7 Å². The second-order valence-electron chi connectivity index (χ2n) is 13.1. The van der Waals surface area contributed by atoms with E-state index >= 15 is 0 Å². The highest BCUT2D eigenvalue weighted by Gasteiger charge is 2.41. The minimum Gasteiger partial charge on any atom is -0.490 e. The normalized spacial score (nSPS) is 11.5. The molecule has 0 N–H and O–H groups in total. The minimum atomic E-state index is -5.33. The maximum atomic E-state index is 13.4. The summed E-state index contributed by atoms with van der Waals surface area (Å²) in [6.07, 6.45) is -17.6. The fourth-order valence-corrected chi connectivity index (χ4v) is 4.56. The molecule has 9 nitrogen and oxygen atoms in total. The van der Waals surface area contributed by atoms with Crippen LogP contribution in [0.15, 0.2) is 140 Å². The quantitative estimate of drug-likeness (QED) is 0.0450. The monoisotopic (exact) mass is 962 g/mol. The van der Waals surface area contributed by atoms with Crippen molar-refractivity contribution in [3.05, 3.63) is 167 Å². The molecule has 4 rings (SSSR count). The van der Waals surface area contributed by atoms with Crippen LogP contribution in [-0.2, 0) is 19.2 Å². The number of hydrogen-bond acceptors (Lipinski definition) is 9. The first kappa shape index (κ1) is 52.2. The Morgan fingerprint density at radius 1 is 0.441 bits per heavy atom. The molecule has 0 radical (unpaired) electrons. The number of alkyl halides is 12. The third-order valence-corrected chi connectivity index (χ3v) is 8.17. The van der Waals surface area contributed by atoms with Gasteiger partial charge >= 0.3 is 48.6 Å². The highest BCUT2D eigenvalue weighted by Crippen LogP contribution is 2.35. The molecule has 0 amide bonds. The van der Waals surface area contributed by atoms with E-state index in [4.69, 9.17) is 14.2 Å². The van der Waals surface area contributed by atoms with Crippen LogP contribution in [0.1, 0.15) is 27.8 Å². The summed E-state index contributed by atoms with van der Waals surface area (Å²) in [5.74, 6) is -0.00117. The first-order valence-corrected chi connectivity index (χ1v) is 18.3. The van der Waals surface area contributed by atoms with Crippen LogP contribution in [0.2, 0.25) is 0 Å². The molecule has 0 saturated heterocycles. The zero-order chi connectivity index (χ0) is 50.8. The van der Waals surface area contributed by atoms with Crippen LogP contribution >= 0.6 is 0 Å². The van der Waals surface area contributed by atoms with Crippen LogP contribution in [0, 0.1) is 23.7 Å². The average Bonchev–Trinajstić information content (AvgIpc) is 3.25. The van der Waals surface area contributed by atoms with Crippen molar-refractivity contribution in [3.8, 4) is 52.4 Å². The highest BCUT2D eigenvalue weighted by atomic mass is 19.4. The summed E-state index contributed by atoms with van der Waals surface area (Å²) in [4.78, 5) is 48.6. The van der Waals surface area contributed by atoms with E-state index in [1.54, 1.807) is 12.2 Å². The summed E-state index contributed by atoms with van der Waals surface area (Å²) < 4.78 is 182. The van der Waals surface area contributed by atoms with Gasteiger partial charge < -0.3 is 23.7 Å². The van der Waals surface area contributed by atoms with Crippen LogP contribution in [0.25, 0.3) is 6.08 Å². The molecule has 0 bridgehead atoms. The van der Waals surface area contributed by atoms with Crippen LogP contribution in [0.3, 0.4) is 0 Å². The first-order valence-electron chi connectivity index (χ1n) is 18.3. The van der Waals surface area contributed by atoms with Crippen LogP contribution in [0.4, 0.5) is 52.7 Å². The number of esters is 4. The van der Waals surface area contributed by atoms with Crippen molar-refractivity contribution in [2.24, 2.45) is 0 Å². The summed E-state index contributed by atoms with van der Waals surface area (Å²) in [7, 11) is 0. The Labute approximate surface area is 376 Å². The number of ether oxygens (including phenoxy) is 5. The summed E-state index contributed by atoms with van der Waals surface area (Å²) in [5, 5.41) is 0. The van der Waals surface area contributed by atoms with Crippen molar-refractivity contribution in [1.29, 1.82) is 0 Å². The molecule has 0 fully saturated rings. The standard InChI is InChI=1S/C47H26F12O9/c1-26(44(48,49)50)40(60)65-35-18-11-30(12-19-35)6-5-23-64-34-16-9-31(10-17-34)7-8-33-24-38(67-42(62)28(3)46(54,55)56)37(39(25-33)68-43(63)29(4)47(57,58)59)22-15-32-13-20-36(21-14-32)66-41(61)27(2)45(51,52)53/h5-6,9-14,16-21,24-25H,1-4,23H2/b6-5+. The number of rotatable bonds is 12. The van der Waals surface area contributed by atoms with Crippen molar-refractivity contribution >= 4 is 30.0 Å². The molecule has 4 aromatic carbocycles. The van der Waals surface area contributed by atoms with E-state index in [9.17, 15) is 71.9 Å². The molecular weight excluding hydrogens is 936 g/mol. The van der Waals surface area contributed by atoms with Crippen LogP contribution in [0.5, 0.6) is 28.7 Å². The zero-order valence-corrected chi connectivity index (χ0v) is 34.0. The molecule has 0 heterocycles. The van der Waals surface area contributed by atoms with Gasteiger partial charge in [0.15, 0.2) is 11.5 Å². The van der Waals surface area contributed by atoms with E-state index in [0.29, 0.717) is 11.3 Å². The van der Waals surface area contributed by atoms with E-state index in [-0.39, 0.29) is 29.0 Å². The maximum absolute atomic E-state index is 13.4. The SMILES string of the molecule is C=C(C(=O)Oc1ccc(C#Cc2c(OC(=O)C(=C)C(F)(F)F)cc(C#Cc3ccc(OC/C=C/c4ccc(OC(=O)C(=C)C(F)(F)F)cc4)cc3)cc2OC(=O)C(=C)C(F)(F)F)cc1)C(F)(F)F. The van der Waals surface area contributed by atoms with Gasteiger partial charge in [-0.05, 0) is 84.4 Å². The molecule has 68 heavy (non-hydrogen) atoms. The molecule has 0 saturated carbocycles. The zero-order valence-electron chi connectivity index (χ0n) is 34.0. The second-order valence-corrected chi connectivity index (χ2v) is 13.1. The van der Waals surface area contributed by atoms with E-state index < -0.39 is 93.7 Å². The van der Waals surface area contributed by atoms with Crippen molar-refractivity contribution < 1.29 is 95.5 Å². The van der Waals surface area contributed by atoms with Crippen LogP contribution < -0.4 is 23.7 Å². The van der Waals surface area contributed by atoms with E-state index in [1.165, 1.54) is 48.5 Å². The summed E-state index contributed by atoms with van der Waals surface area (Å²) in [6, 6.07) is 16.9. The lowest BCUT2D eigenvalue weighted by Gasteiger charge is -2.15. The summed E-state index contributed by atoms with van der Waals surface area (Å²) >= 11 is 0. The first-order chi connectivity index (χ1) is 31.5. The molecule has 0 spiro atoms. The average molecular weight is 963 g/mol. The highest BCUT2D eigenvalue weighted by molar-refractivity contribution is 5.93. The van der Waals surface area contributed by atoms with Gasteiger partial charge in [0, 0.05) is 16.7 Å². The van der Waals surface area contributed by atoms with E-state index in [1.807, 2.05) is 0 Å². The topological polar surface area (TPSA) is 114 Å². The third kappa shape index (κ3) is 15.1. The number of carbonyl (C=O) groups excluding carboxylic acids is 4. The molecule has 0 unspecified atom stereocenters. The summed E-state index contributed by atoms with van der Waals surface area (Å²) in [5.41, 5.74) is -7.99. The lowest BCUT2D eigenvalue weighted by Crippen LogP contribution is -2.24. The van der Waals surface area contributed by atoms with Gasteiger partial charge in [-0.2, -0.15) is 52.7 Å². The predicted octanol–water partition coefficient (Wildman–Crippen LogP) is 10.7. The summed E-state index contributed by atoms with van der Waals surface area (Å²) in [6.45, 7) is 10.5. The Morgan fingerprint density at radius 3 is 1.15 bits per heavy atom. The molecule has 4 aromatic rings. The maximum Gasteiger partial charge on any atom is 0.422 e. The Bertz CT molecular complexity index is 2750. The van der Waals surface area contributed by atoms with Gasteiger partial charge in [0.25, 0.3) is 0 Å². The number of halogens is 12. The van der Waals surface area contributed by atoms with E-state index in [2.05, 4.69) is 59.5 Å². The Balaban J connectivity index is 1.62. The lowest BCUT2D eigenvalue weighted by molar-refractivity contribution is -0.144. The van der Waals surface area contributed by atoms with Crippen molar-refractivity contribution in [2.45, 2.75) is 24.7 Å². The Kier molecular flexibility index (Phi) is 16.3. The van der Waals surface area contributed by atoms with Crippen molar-refractivity contribution in [3.63, 3.8) is 0 Å². The third-order valence-electron chi connectivity index (χ3n) is 8.17. The van der Waals surface area contributed by atoms with Gasteiger partial charge in [-0.1, -0.05) is 68.2 Å². The molecule has 352 valence electrons. The number of hydrogen-bond donors (Lipinski definition) is 0. The molecule has 0 aliphatic carbocycles. The Morgan fingerprint density at radius 2 is 0.765 bits per heavy atom. The van der Waals surface area contributed by atoms with Gasteiger partial charge in [0.05, 0.1) is 0 Å². The minimum absolute atomic E-state index is 0.00444. The van der Waals surface area contributed by atoms with Gasteiger partial charge in [-0.3, -0.25) is 0 Å². The number of benzene rings is 4. The van der Waals surface area contributed by atoms with E-state index in [0.717, 1.165) is 36.4 Å². The molecule has 0 aromatic heterocycles. The second kappa shape index (κ2) is 21.2. The van der Waals surface area contributed by atoms with Crippen molar-refractivity contribution in [1.82, 2.24) is 0 Å². The number of carbonyl (C=O) groups is 4. The Hall–Kier alpha value is -8.46.